The number of hydrogen-bond donors (Lipinski definition) is 1. The summed E-state index contributed by atoms with van der Waals surface area (Å²) in [6, 6.07) is 0. The van der Waals surface area contributed by atoms with Crippen LogP contribution in [0.15, 0.2) is 0 Å². The fourth-order valence-corrected chi connectivity index (χ4v) is 2.06. The second kappa shape index (κ2) is 4.22. The number of anilines is 1. The summed E-state index contributed by atoms with van der Waals surface area (Å²) in [6.45, 7) is 4.32. The Morgan fingerprint density at radius 1 is 1.40 bits per heavy atom. The molecule has 0 amide bonds. The molecule has 0 unspecified atom stereocenters. The zero-order valence-electron chi connectivity index (χ0n) is 9.32. The van der Waals surface area contributed by atoms with Crippen LogP contribution in [0.2, 0.25) is 0 Å². The molecule has 0 aliphatic heterocycles. The fourth-order valence-electron chi connectivity index (χ4n) is 1.40. The van der Waals surface area contributed by atoms with Crippen LogP contribution in [0.25, 0.3) is 0 Å². The minimum Gasteiger partial charge on any atom is -0.396 e. The molecule has 1 rings (SSSR count). The Kier molecular flexibility index (Phi) is 3.38. The van der Waals surface area contributed by atoms with Gasteiger partial charge < -0.3 is 5.73 Å². The van der Waals surface area contributed by atoms with E-state index in [2.05, 4.69) is 5.10 Å². The van der Waals surface area contributed by atoms with Crippen LogP contribution in [0.1, 0.15) is 17.8 Å². The van der Waals surface area contributed by atoms with E-state index in [4.69, 9.17) is 5.73 Å². The monoisotopic (exact) mass is 231 g/mol. The largest absolute Gasteiger partial charge is 0.396 e. The number of rotatable bonds is 4. The van der Waals surface area contributed by atoms with E-state index >= 15 is 0 Å². The molecule has 1 heterocycles. The van der Waals surface area contributed by atoms with Crippen molar-refractivity contribution in [1.82, 2.24) is 9.78 Å². The molecule has 0 bridgehead atoms. The molecular formula is C9H17N3O2S. The third-order valence-electron chi connectivity index (χ3n) is 2.32. The number of nitrogen functional groups attached to an aromatic ring is 1. The Hall–Kier alpha value is -1.04. The van der Waals surface area contributed by atoms with Gasteiger partial charge >= 0.3 is 0 Å². The maximum atomic E-state index is 10.9. The summed E-state index contributed by atoms with van der Waals surface area (Å²) in [5.74, 6) is 0.186. The van der Waals surface area contributed by atoms with Crippen LogP contribution in [0.3, 0.4) is 0 Å². The summed E-state index contributed by atoms with van der Waals surface area (Å²) in [5.41, 5.74) is 8.15. The van der Waals surface area contributed by atoms with Gasteiger partial charge in [-0.05, 0) is 20.3 Å². The summed E-state index contributed by atoms with van der Waals surface area (Å²) in [6.07, 6.45) is 1.81. The van der Waals surface area contributed by atoms with Crippen molar-refractivity contribution < 1.29 is 8.42 Å². The van der Waals surface area contributed by atoms with Gasteiger partial charge in [-0.25, -0.2) is 8.42 Å². The van der Waals surface area contributed by atoms with Crippen molar-refractivity contribution >= 4 is 15.5 Å². The third-order valence-corrected chi connectivity index (χ3v) is 3.35. The van der Waals surface area contributed by atoms with Gasteiger partial charge in [-0.15, -0.1) is 0 Å². The minimum absolute atomic E-state index is 0.186. The molecule has 1 aromatic heterocycles. The SMILES string of the molecule is Cc1nn(CCCS(C)(=O)=O)c(C)c1N. The maximum absolute atomic E-state index is 10.9. The lowest BCUT2D eigenvalue weighted by molar-refractivity contribution is 0.567. The van der Waals surface area contributed by atoms with Gasteiger partial charge in [0.05, 0.1) is 22.8 Å². The van der Waals surface area contributed by atoms with Gasteiger partial charge in [0.25, 0.3) is 0 Å². The number of hydrogen-bond acceptors (Lipinski definition) is 4. The number of nitrogens with two attached hydrogens (primary N) is 1. The van der Waals surface area contributed by atoms with Crippen LogP contribution in [-0.4, -0.2) is 30.2 Å². The Balaban J connectivity index is 2.63. The molecule has 0 aliphatic rings. The fraction of sp³-hybridized carbons (Fsp3) is 0.667. The first-order valence-corrected chi connectivity index (χ1v) is 6.84. The zero-order chi connectivity index (χ0) is 11.6. The average molecular weight is 231 g/mol. The van der Waals surface area contributed by atoms with Crippen molar-refractivity contribution in [2.24, 2.45) is 0 Å². The van der Waals surface area contributed by atoms with Gasteiger partial charge in [-0.2, -0.15) is 5.10 Å². The molecule has 0 spiro atoms. The second-order valence-electron chi connectivity index (χ2n) is 3.79. The summed E-state index contributed by atoms with van der Waals surface area (Å²) >= 11 is 0. The summed E-state index contributed by atoms with van der Waals surface area (Å²) in [4.78, 5) is 0. The lowest BCUT2D eigenvalue weighted by Gasteiger charge is -2.03. The molecule has 0 radical (unpaired) electrons. The lowest BCUT2D eigenvalue weighted by atomic mass is 10.3. The van der Waals surface area contributed by atoms with Crippen LogP contribution in [-0.2, 0) is 16.4 Å². The van der Waals surface area contributed by atoms with Crippen LogP contribution in [0.5, 0.6) is 0 Å². The van der Waals surface area contributed by atoms with Gasteiger partial charge in [0.2, 0.25) is 0 Å². The highest BCUT2D eigenvalue weighted by molar-refractivity contribution is 7.90. The standard InChI is InChI=1S/C9H17N3O2S/c1-7-9(10)8(2)12(11-7)5-4-6-15(3,13)14/h4-6,10H2,1-3H3. The Morgan fingerprint density at radius 2 is 2.00 bits per heavy atom. The molecule has 0 aromatic carbocycles. The van der Waals surface area contributed by atoms with Crippen LogP contribution in [0, 0.1) is 13.8 Å². The molecule has 0 aliphatic carbocycles. The number of sulfone groups is 1. The zero-order valence-corrected chi connectivity index (χ0v) is 10.1. The molecule has 0 saturated heterocycles. The molecule has 86 valence electrons. The second-order valence-corrected chi connectivity index (χ2v) is 6.05. The summed E-state index contributed by atoms with van der Waals surface area (Å²) in [7, 11) is -2.88. The van der Waals surface area contributed by atoms with E-state index in [1.54, 1.807) is 4.68 Å². The third kappa shape index (κ3) is 3.23. The number of aromatic nitrogens is 2. The van der Waals surface area contributed by atoms with Crippen LogP contribution >= 0.6 is 0 Å². The van der Waals surface area contributed by atoms with Crippen molar-refractivity contribution in [2.45, 2.75) is 26.8 Å². The molecule has 0 saturated carbocycles. The first-order valence-electron chi connectivity index (χ1n) is 4.78. The van der Waals surface area contributed by atoms with E-state index in [1.165, 1.54) is 6.26 Å². The minimum atomic E-state index is -2.88. The van der Waals surface area contributed by atoms with Crippen molar-refractivity contribution in [1.29, 1.82) is 0 Å². The van der Waals surface area contributed by atoms with E-state index in [9.17, 15) is 8.42 Å². The lowest BCUT2D eigenvalue weighted by Crippen LogP contribution is -2.09. The van der Waals surface area contributed by atoms with Crippen molar-refractivity contribution in [2.75, 3.05) is 17.7 Å². The van der Waals surface area contributed by atoms with Gasteiger partial charge in [-0.3, -0.25) is 4.68 Å². The highest BCUT2D eigenvalue weighted by Gasteiger charge is 2.08. The molecular weight excluding hydrogens is 214 g/mol. The van der Waals surface area contributed by atoms with Crippen LogP contribution in [0.4, 0.5) is 5.69 Å². The van der Waals surface area contributed by atoms with E-state index in [0.717, 1.165) is 11.4 Å². The van der Waals surface area contributed by atoms with Crippen molar-refractivity contribution in [3.8, 4) is 0 Å². The number of aryl methyl sites for hydroxylation is 2. The molecule has 1 aromatic rings. The predicted octanol–water partition coefficient (Wildman–Crippen LogP) is 0.517. The van der Waals surface area contributed by atoms with Gasteiger partial charge in [0.1, 0.15) is 9.84 Å². The van der Waals surface area contributed by atoms with Crippen LogP contribution < -0.4 is 5.73 Å². The van der Waals surface area contributed by atoms with Crippen molar-refractivity contribution in [3.05, 3.63) is 11.4 Å². The molecule has 15 heavy (non-hydrogen) atoms. The number of nitrogens with zero attached hydrogens (tertiary/aromatic N) is 2. The van der Waals surface area contributed by atoms with Gasteiger partial charge in [0, 0.05) is 12.8 Å². The smallest absolute Gasteiger partial charge is 0.147 e. The molecule has 0 fully saturated rings. The topological polar surface area (TPSA) is 78.0 Å². The summed E-state index contributed by atoms with van der Waals surface area (Å²) in [5, 5.41) is 4.23. The Morgan fingerprint density at radius 3 is 2.40 bits per heavy atom. The van der Waals surface area contributed by atoms with E-state index in [1.807, 2.05) is 13.8 Å². The Labute approximate surface area is 90.2 Å². The molecule has 6 heteroatoms. The first kappa shape index (κ1) is 12.0. The highest BCUT2D eigenvalue weighted by atomic mass is 32.2. The predicted molar refractivity (Wildman–Crippen MR) is 60.4 cm³/mol. The molecule has 0 atom stereocenters. The van der Waals surface area contributed by atoms with Crippen molar-refractivity contribution in [3.63, 3.8) is 0 Å². The first-order chi connectivity index (χ1) is 6.81. The van der Waals surface area contributed by atoms with E-state index < -0.39 is 9.84 Å². The maximum Gasteiger partial charge on any atom is 0.147 e. The normalized spacial score (nSPS) is 11.9. The van der Waals surface area contributed by atoms with E-state index in [-0.39, 0.29) is 5.75 Å². The molecule has 5 nitrogen and oxygen atoms in total. The quantitative estimate of drug-likeness (QED) is 0.819. The Bertz CT molecular complexity index is 448. The van der Waals surface area contributed by atoms with Gasteiger partial charge in [0.15, 0.2) is 0 Å². The average Bonchev–Trinajstić information content (AvgIpc) is 2.32. The van der Waals surface area contributed by atoms with Gasteiger partial charge in [-0.1, -0.05) is 0 Å². The highest BCUT2D eigenvalue weighted by Crippen LogP contribution is 2.14. The summed E-state index contributed by atoms with van der Waals surface area (Å²) < 4.78 is 23.6. The molecule has 2 N–H and O–H groups in total. The van der Waals surface area contributed by atoms with E-state index in [0.29, 0.717) is 18.7 Å².